The Balaban J connectivity index is 0.000000346. The molecule has 88 heavy (non-hydrogen) atoms. The Morgan fingerprint density at radius 2 is 1.11 bits per heavy atom. The topological polar surface area (TPSA) is 303 Å². The number of carbonyl (C=O) groups is 3. The lowest BCUT2D eigenvalue weighted by atomic mass is 9.95. The molecule has 0 unspecified atom stereocenters. The molecule has 0 bridgehead atoms. The van der Waals surface area contributed by atoms with Crippen LogP contribution in [0.15, 0.2) is 36.4 Å². The van der Waals surface area contributed by atoms with Gasteiger partial charge in [0.25, 0.3) is 0 Å². The number of hydrogen-bond donors (Lipinski definition) is 7. The van der Waals surface area contributed by atoms with Crippen molar-refractivity contribution in [1.29, 1.82) is 0 Å². The number of aliphatic hydroxyl groups is 1. The van der Waals surface area contributed by atoms with Gasteiger partial charge in [0.2, 0.25) is 24.3 Å². The molecule has 0 atom stereocenters. The highest BCUT2D eigenvalue weighted by Gasteiger charge is 2.22. The minimum absolute atomic E-state index is 0.0122. The molecular formula is C62H97Cl3N12O10S. The van der Waals surface area contributed by atoms with Crippen molar-refractivity contribution in [3.8, 4) is 11.5 Å². The van der Waals surface area contributed by atoms with E-state index >= 15 is 0 Å². The third-order valence-corrected chi connectivity index (χ3v) is 11.8. The van der Waals surface area contributed by atoms with Crippen LogP contribution in [-0.4, -0.2) is 129 Å². The van der Waals surface area contributed by atoms with Crippen molar-refractivity contribution in [3.63, 3.8) is 0 Å². The largest absolute Gasteiger partial charge is 0.508 e. The first-order chi connectivity index (χ1) is 59.1. The molecule has 4 heterocycles. The van der Waals surface area contributed by atoms with Gasteiger partial charge in [-0.3, -0.25) is 23.5 Å². The van der Waals surface area contributed by atoms with E-state index in [0.717, 1.165) is 41.8 Å². The SMILES string of the molecule is O=C1CCc2cc(O)ccc2N1.O=S(=O)(O)O.[2H]C1([2H])C([2H])([2H])C([2H])([2H])C([2H])(NC(=O)CCCCCl)C([2H])([2H])C1([2H])[2H].[2H]C1([2H])C([2H])([2H])C([2H])([2H])C([2H])(O)C([2H])([2H])C1([2H])[2H].[2H]C1([2H])C([2H])([2H])C([2H])([2H])C([2H])(n2nnnc2CCCCCl)C([2H])([2H])C1([2H])[2H].[2H]C1([2H])C([2H])([2H])C([2H])([2H])C([2H])(n2nnnc2CCCCOc2ccc3c(c2)CCC(=O)N3)C([2H])([2H])C1([2H])[2H].[C-]#[N+]CCCCCl. The highest BCUT2D eigenvalue weighted by molar-refractivity contribution is 7.79. The predicted molar refractivity (Wildman–Crippen MR) is 345 cm³/mol. The van der Waals surface area contributed by atoms with Gasteiger partial charge < -0.3 is 35.7 Å². The molecule has 4 aromatic rings. The summed E-state index contributed by atoms with van der Waals surface area (Å²) < 4.78 is 384. The minimum atomic E-state index is -4.67. The van der Waals surface area contributed by atoms with Crippen LogP contribution >= 0.6 is 34.8 Å². The van der Waals surface area contributed by atoms with Crippen LogP contribution in [0.4, 0.5) is 11.4 Å². The average molecular weight is 1350 g/mol. The van der Waals surface area contributed by atoms with Gasteiger partial charge in [0.15, 0.2) is 11.6 Å². The number of unbranched alkanes of at least 4 members (excludes halogenated alkanes) is 4. The zero-order valence-corrected chi connectivity index (χ0v) is 50.0. The Morgan fingerprint density at radius 3 is 1.62 bits per heavy atom. The molecule has 26 heteroatoms. The number of carbonyl (C=O) groups excluding carboxylic acids is 3. The maximum atomic E-state index is 12.0. The van der Waals surface area contributed by atoms with Gasteiger partial charge in [-0.25, -0.2) is 15.9 Å². The molecule has 7 N–H and O–H groups in total. The lowest BCUT2D eigenvalue weighted by molar-refractivity contribution is -0.122. The van der Waals surface area contributed by atoms with Gasteiger partial charge in [0, 0.05) is 128 Å². The first-order valence-corrected chi connectivity index (χ1v) is 29.6. The lowest BCUT2D eigenvalue weighted by Crippen LogP contribution is -2.35. The number of benzene rings is 2. The first-order valence-electron chi connectivity index (χ1n) is 48.6. The summed E-state index contributed by atoms with van der Waals surface area (Å²) in [7, 11) is -4.67. The number of nitrogens with zero attached hydrogens (tertiary/aromatic N) is 9. The number of ether oxygens (including phenoxy) is 1. The van der Waals surface area contributed by atoms with Gasteiger partial charge in [-0.15, -0.1) is 45.0 Å². The lowest BCUT2D eigenvalue weighted by Gasteiger charge is -2.22. The van der Waals surface area contributed by atoms with Crippen LogP contribution in [0.25, 0.3) is 4.85 Å². The Labute approximate surface area is 598 Å². The van der Waals surface area contributed by atoms with E-state index in [-0.39, 0.29) is 67.4 Å². The van der Waals surface area contributed by atoms with Crippen LogP contribution in [0.2, 0.25) is 0 Å². The maximum Gasteiger partial charge on any atom is 0.394 e. The second kappa shape index (κ2) is 45.1. The summed E-state index contributed by atoms with van der Waals surface area (Å²) in [4.78, 5) is 37.6. The number of rotatable bonds is 20. The first kappa shape index (κ1) is 32.9. The molecule has 4 aliphatic carbocycles. The summed E-state index contributed by atoms with van der Waals surface area (Å²) in [5.41, 5.74) is 3.54. The molecule has 4 saturated carbocycles. The number of nitrogens with one attached hydrogen (secondary N) is 3. The number of aryl methyl sites for hydroxylation is 4. The predicted octanol–water partition coefficient (Wildman–Crippen LogP) is 12.9. The van der Waals surface area contributed by atoms with E-state index < -0.39 is 168 Å². The number of aromatic hydroxyl groups is 1. The van der Waals surface area contributed by atoms with Crippen LogP contribution in [0.5, 0.6) is 11.5 Å². The number of anilines is 2. The summed E-state index contributed by atoms with van der Waals surface area (Å²) in [5, 5.41) is 47.2. The highest BCUT2D eigenvalue weighted by Crippen LogP contribution is 2.31. The Hall–Kier alpha value is -5.22. The second-order valence-corrected chi connectivity index (χ2v) is 19.6. The van der Waals surface area contributed by atoms with E-state index in [1.54, 1.807) is 35.6 Å². The van der Waals surface area contributed by atoms with Gasteiger partial charge >= 0.3 is 10.4 Å². The number of amides is 3. The Morgan fingerprint density at radius 1 is 0.659 bits per heavy atom. The molecule has 2 aromatic heterocycles. The van der Waals surface area contributed by atoms with Crippen LogP contribution in [0.1, 0.15) is 293 Å². The van der Waals surface area contributed by atoms with E-state index in [9.17, 15) is 19.5 Å². The van der Waals surface area contributed by atoms with Crippen molar-refractivity contribution in [2.45, 2.75) is 248 Å². The van der Waals surface area contributed by atoms with Gasteiger partial charge in [0.1, 0.15) is 11.5 Å². The number of alkyl halides is 3. The van der Waals surface area contributed by atoms with Gasteiger partial charge in [0.05, 0.1) is 30.2 Å². The third kappa shape index (κ3) is 33.0. The summed E-state index contributed by atoms with van der Waals surface area (Å²) >= 11 is 16.4. The molecule has 3 amide bonds. The molecule has 22 nitrogen and oxygen atoms in total. The summed E-state index contributed by atoms with van der Waals surface area (Å²) in [6, 6.07) is 0.216. The number of tetrazole rings is 2. The fourth-order valence-corrected chi connectivity index (χ4v) is 7.53. The van der Waals surface area contributed by atoms with E-state index in [1.807, 2.05) is 6.07 Å². The molecule has 492 valence electrons. The summed E-state index contributed by atoms with van der Waals surface area (Å²) in [6.45, 7) is 7.26. The smallest absolute Gasteiger partial charge is 0.394 e. The van der Waals surface area contributed by atoms with Crippen molar-refractivity contribution in [2.75, 3.05) is 41.4 Å². The number of halogens is 3. The molecule has 2 aliphatic heterocycles. The van der Waals surface area contributed by atoms with Gasteiger partial charge in [-0.05, 0) is 177 Å². The van der Waals surface area contributed by atoms with Crippen molar-refractivity contribution in [3.05, 3.63) is 70.6 Å². The molecule has 6 aliphatic rings. The number of aromatic nitrogens is 8. The number of phenols is 1. The normalized spacial score (nSPS) is 37.1. The fourth-order valence-electron chi connectivity index (χ4n) is 6.96. The second-order valence-electron chi connectivity index (χ2n) is 17.6. The molecule has 0 saturated heterocycles. The van der Waals surface area contributed by atoms with Crippen molar-refractivity contribution in [2.24, 2.45) is 0 Å². The zero-order valence-electron chi connectivity index (χ0n) is 90.9. The molecule has 0 spiro atoms. The van der Waals surface area contributed by atoms with E-state index in [1.165, 1.54) is 0 Å². The number of hydrogen-bond acceptors (Lipinski definition) is 14. The van der Waals surface area contributed by atoms with Crippen LogP contribution < -0.4 is 20.7 Å². The van der Waals surface area contributed by atoms with Crippen LogP contribution in [0.3, 0.4) is 0 Å². The van der Waals surface area contributed by atoms with E-state index in [0.29, 0.717) is 84.8 Å². The van der Waals surface area contributed by atoms with Crippen molar-refractivity contribution < 1.29 is 107 Å². The van der Waals surface area contributed by atoms with Crippen molar-refractivity contribution >= 4 is 74.3 Å². The molecule has 4 fully saturated rings. The van der Waals surface area contributed by atoms with Crippen LogP contribution in [-0.2, 0) is 50.5 Å². The number of phenolic OH excluding ortho intramolecular Hbond substituents is 1. The van der Waals surface area contributed by atoms with E-state index in [2.05, 4.69) is 46.5 Å². The highest BCUT2D eigenvalue weighted by atomic mass is 35.5. The summed E-state index contributed by atoms with van der Waals surface area (Å²) in [5.74, 6) is 0.853. The average Bonchev–Trinajstić information content (AvgIpc) is 0.891. The quantitative estimate of drug-likeness (QED) is 0.0142. The Kier molecular flexibility index (Phi) is 16.8. The van der Waals surface area contributed by atoms with E-state index in [4.69, 9.17) is 129 Å². The summed E-state index contributed by atoms with van der Waals surface area (Å²) in [6.07, 6.45) is -69.1. The molecule has 2 aromatic carbocycles. The molecule has 10 rings (SSSR count). The Bertz CT molecular complexity index is 4660. The monoisotopic (exact) mass is 1350 g/mol. The van der Waals surface area contributed by atoms with Gasteiger partial charge in [-0.1, -0.05) is 76.5 Å². The minimum Gasteiger partial charge on any atom is -0.508 e. The van der Waals surface area contributed by atoms with Crippen molar-refractivity contribution in [1.82, 2.24) is 45.7 Å². The molecular weight excluding hydrogens is 1210 g/mol. The van der Waals surface area contributed by atoms with Crippen LogP contribution in [0, 0.1) is 6.57 Å². The molecule has 0 radical (unpaired) electrons. The fraction of sp³-hybridized carbons (Fsp3) is 0.710. The van der Waals surface area contributed by atoms with Gasteiger partial charge in [-0.2, -0.15) is 8.42 Å². The zero-order chi connectivity index (χ0) is 103. The standard InChI is InChI=1S/C20H27N5O2.C11H19ClN4.C11H20ClNO.C9H9NO2.C6H12O.C5H8ClN.H2O4S/c26-20-12-9-15-14-17(10-11-18(15)21-20)27-13-5-4-8-19-22-23-24-25(19)16-6-2-1-3-7-16;12-9-5-4-8-11-13-14-15-16(11)10-6-2-1-3-7-10;12-9-5-4-8-11(14)13-10-6-2-1-3-7-10;11-7-2-3-8-6(5-7)1-4-9(12)10-8;7-6-4-2-1-3-5-6;1-7-5-3-2-4-6;1-5(2,3)4/h10-11,14,16H,1-9,12-13H2,(H,21,26);10H,1-9H2;10H,1-9H2,(H,13,14);2-3,5,11H,1,4H2,(H,10,12);6-7H,1-5H2;2-5H2;(H2,1,2,3,4)/i1D2,2D2,3D2,6D2,7D2,16D;2*1D2,2D2,3D2,6D2,7D2,10D;;1D2,2D2,3D2,4D2,5D2,6D;;. The third-order valence-electron chi connectivity index (χ3n) is 11.0. The maximum absolute atomic E-state index is 12.0. The number of fused-ring (bicyclic) bond motifs is 2.